The maximum absolute atomic E-state index is 11.9. The van der Waals surface area contributed by atoms with Crippen LogP contribution in [0.5, 0.6) is 0 Å². The van der Waals surface area contributed by atoms with E-state index >= 15 is 0 Å². The molecule has 3 aromatic heterocycles. The summed E-state index contributed by atoms with van der Waals surface area (Å²) in [4.78, 5) is 26.6. The van der Waals surface area contributed by atoms with Crippen molar-refractivity contribution in [1.82, 2.24) is 25.3 Å². The minimum absolute atomic E-state index is 0.00318. The molecule has 0 spiro atoms. The van der Waals surface area contributed by atoms with E-state index in [2.05, 4.69) is 25.3 Å². The van der Waals surface area contributed by atoms with E-state index in [4.69, 9.17) is 0 Å². The van der Waals surface area contributed by atoms with Crippen LogP contribution in [0.2, 0.25) is 0 Å². The minimum Gasteiger partial charge on any atom is -0.354 e. The van der Waals surface area contributed by atoms with E-state index in [-0.39, 0.29) is 11.9 Å². The number of rotatable bonds is 3. The van der Waals surface area contributed by atoms with Crippen LogP contribution in [-0.2, 0) is 11.2 Å². The second kappa shape index (κ2) is 4.38. The van der Waals surface area contributed by atoms with Crippen molar-refractivity contribution in [3.63, 3.8) is 0 Å². The molecule has 6 nitrogen and oxygen atoms in total. The van der Waals surface area contributed by atoms with Gasteiger partial charge < -0.3 is 15.3 Å². The zero-order valence-electron chi connectivity index (χ0n) is 10.8. The molecule has 3 N–H and O–H groups in total. The standard InChI is InChI=1S/C13H15N5O/c1-7(2)18-10(19)3-8-4-14-13-11(8)12-9(5-15-13)16-6-17-12/h4-7H,3H2,1-2H3,(H,14,15)(H,16,17)(H,18,19). The second-order valence-electron chi connectivity index (χ2n) is 4.86. The van der Waals surface area contributed by atoms with Crippen molar-refractivity contribution in [2.45, 2.75) is 26.3 Å². The van der Waals surface area contributed by atoms with Gasteiger partial charge in [0.2, 0.25) is 5.91 Å². The molecule has 0 radical (unpaired) electrons. The van der Waals surface area contributed by atoms with E-state index in [9.17, 15) is 4.79 Å². The van der Waals surface area contributed by atoms with E-state index in [1.165, 1.54) is 0 Å². The SMILES string of the molecule is CC(C)NC(=O)Cc1c[nH]c2ncc3[nH]cnc3c12. The molecule has 6 heteroatoms. The molecule has 0 aliphatic carbocycles. The molecule has 0 saturated carbocycles. The summed E-state index contributed by atoms with van der Waals surface area (Å²) in [6.07, 6.45) is 5.52. The Balaban J connectivity index is 2.04. The first-order chi connectivity index (χ1) is 9.15. The van der Waals surface area contributed by atoms with Gasteiger partial charge in [0.15, 0.2) is 0 Å². The Morgan fingerprint density at radius 2 is 2.21 bits per heavy atom. The van der Waals surface area contributed by atoms with E-state index < -0.39 is 0 Å². The van der Waals surface area contributed by atoms with Gasteiger partial charge in [-0.25, -0.2) is 9.97 Å². The molecule has 0 aliphatic heterocycles. The molecule has 0 aliphatic rings. The van der Waals surface area contributed by atoms with Gasteiger partial charge in [0.05, 0.1) is 29.8 Å². The highest BCUT2D eigenvalue weighted by Gasteiger charge is 2.14. The summed E-state index contributed by atoms with van der Waals surface area (Å²) in [6, 6.07) is 0.140. The molecule has 0 fully saturated rings. The predicted molar refractivity (Wildman–Crippen MR) is 72.7 cm³/mol. The lowest BCUT2D eigenvalue weighted by atomic mass is 10.1. The third-order valence-corrected chi connectivity index (χ3v) is 2.97. The van der Waals surface area contributed by atoms with Crippen molar-refractivity contribution in [3.8, 4) is 0 Å². The number of hydrogen-bond donors (Lipinski definition) is 3. The van der Waals surface area contributed by atoms with Crippen LogP contribution in [0, 0.1) is 0 Å². The molecular formula is C13H15N5O. The molecular weight excluding hydrogens is 242 g/mol. The number of aromatic nitrogens is 4. The van der Waals surface area contributed by atoms with Crippen molar-refractivity contribution >= 4 is 28.0 Å². The molecule has 0 aromatic carbocycles. The van der Waals surface area contributed by atoms with Crippen LogP contribution >= 0.6 is 0 Å². The molecule has 0 atom stereocenters. The molecule has 3 heterocycles. The van der Waals surface area contributed by atoms with Gasteiger partial charge in [-0.2, -0.15) is 0 Å². The number of fused-ring (bicyclic) bond motifs is 3. The second-order valence-corrected chi connectivity index (χ2v) is 4.86. The number of carbonyl (C=O) groups excluding carboxylic acids is 1. The van der Waals surface area contributed by atoms with Crippen LogP contribution in [0.1, 0.15) is 19.4 Å². The van der Waals surface area contributed by atoms with Crippen LogP contribution in [0.3, 0.4) is 0 Å². The number of amides is 1. The predicted octanol–water partition coefficient (Wildman–Crippen LogP) is 1.51. The highest BCUT2D eigenvalue weighted by Crippen LogP contribution is 2.24. The maximum Gasteiger partial charge on any atom is 0.224 e. The van der Waals surface area contributed by atoms with Crippen LogP contribution in [0.4, 0.5) is 0 Å². The van der Waals surface area contributed by atoms with Crippen molar-refractivity contribution in [3.05, 3.63) is 24.3 Å². The van der Waals surface area contributed by atoms with Crippen LogP contribution in [-0.4, -0.2) is 31.9 Å². The topological polar surface area (TPSA) is 86.5 Å². The lowest BCUT2D eigenvalue weighted by Crippen LogP contribution is -2.31. The first kappa shape index (κ1) is 11.7. The fourth-order valence-corrected chi connectivity index (χ4v) is 2.23. The van der Waals surface area contributed by atoms with Crippen molar-refractivity contribution in [2.24, 2.45) is 0 Å². The van der Waals surface area contributed by atoms with Gasteiger partial charge in [-0.15, -0.1) is 0 Å². The lowest BCUT2D eigenvalue weighted by Gasteiger charge is -2.07. The summed E-state index contributed by atoms with van der Waals surface area (Å²) in [7, 11) is 0. The van der Waals surface area contributed by atoms with Crippen molar-refractivity contribution in [2.75, 3.05) is 0 Å². The number of hydrogen-bond acceptors (Lipinski definition) is 3. The number of pyridine rings is 1. The summed E-state index contributed by atoms with van der Waals surface area (Å²) in [6.45, 7) is 3.89. The average molecular weight is 257 g/mol. The average Bonchev–Trinajstić information content (AvgIpc) is 2.93. The highest BCUT2D eigenvalue weighted by atomic mass is 16.1. The minimum atomic E-state index is 0.00318. The van der Waals surface area contributed by atoms with Gasteiger partial charge in [-0.3, -0.25) is 4.79 Å². The van der Waals surface area contributed by atoms with Crippen LogP contribution in [0.25, 0.3) is 22.1 Å². The summed E-state index contributed by atoms with van der Waals surface area (Å²) >= 11 is 0. The number of nitrogens with zero attached hydrogens (tertiary/aromatic N) is 2. The first-order valence-electron chi connectivity index (χ1n) is 6.22. The van der Waals surface area contributed by atoms with E-state index in [0.29, 0.717) is 6.42 Å². The van der Waals surface area contributed by atoms with Gasteiger partial charge in [-0.05, 0) is 19.4 Å². The maximum atomic E-state index is 11.9. The monoisotopic (exact) mass is 257 g/mol. The van der Waals surface area contributed by atoms with Gasteiger partial charge >= 0.3 is 0 Å². The molecule has 1 amide bonds. The fourth-order valence-electron chi connectivity index (χ4n) is 2.23. The van der Waals surface area contributed by atoms with Crippen molar-refractivity contribution in [1.29, 1.82) is 0 Å². The van der Waals surface area contributed by atoms with E-state index in [0.717, 1.165) is 27.6 Å². The molecule has 3 aromatic rings. The molecule has 0 saturated heterocycles. The zero-order valence-corrected chi connectivity index (χ0v) is 10.8. The third kappa shape index (κ3) is 2.05. The van der Waals surface area contributed by atoms with Gasteiger partial charge in [0.25, 0.3) is 0 Å². The number of nitrogens with one attached hydrogen (secondary N) is 3. The van der Waals surface area contributed by atoms with Crippen LogP contribution < -0.4 is 5.32 Å². The molecule has 0 bridgehead atoms. The normalized spacial score (nSPS) is 11.5. The highest BCUT2D eigenvalue weighted by molar-refractivity contribution is 6.04. The Bertz CT molecular complexity index is 740. The molecule has 98 valence electrons. The van der Waals surface area contributed by atoms with Gasteiger partial charge in [0.1, 0.15) is 11.2 Å². The van der Waals surface area contributed by atoms with Crippen LogP contribution in [0.15, 0.2) is 18.7 Å². The molecule has 3 rings (SSSR count). The van der Waals surface area contributed by atoms with Gasteiger partial charge in [0, 0.05) is 12.2 Å². The molecule has 0 unspecified atom stereocenters. The molecule has 19 heavy (non-hydrogen) atoms. The lowest BCUT2D eigenvalue weighted by molar-refractivity contribution is -0.120. The smallest absolute Gasteiger partial charge is 0.224 e. The summed E-state index contributed by atoms with van der Waals surface area (Å²) < 4.78 is 0. The first-order valence-corrected chi connectivity index (χ1v) is 6.22. The fraction of sp³-hybridized carbons (Fsp3) is 0.308. The Morgan fingerprint density at radius 3 is 3.00 bits per heavy atom. The summed E-state index contributed by atoms with van der Waals surface area (Å²) in [5, 5.41) is 3.80. The number of carbonyl (C=O) groups is 1. The summed E-state index contributed by atoms with van der Waals surface area (Å²) in [5.74, 6) is 0.00318. The quantitative estimate of drug-likeness (QED) is 0.664. The Hall–Kier alpha value is -2.37. The summed E-state index contributed by atoms with van der Waals surface area (Å²) in [5.41, 5.74) is 3.39. The van der Waals surface area contributed by atoms with E-state index in [1.54, 1.807) is 12.5 Å². The number of aromatic amines is 2. The number of H-pyrrole nitrogens is 2. The Morgan fingerprint density at radius 1 is 1.37 bits per heavy atom. The largest absolute Gasteiger partial charge is 0.354 e. The van der Waals surface area contributed by atoms with E-state index in [1.807, 2.05) is 20.0 Å². The number of imidazole rings is 1. The Kier molecular flexibility index (Phi) is 2.70. The Labute approximate surface area is 109 Å². The zero-order chi connectivity index (χ0) is 13.4. The van der Waals surface area contributed by atoms with Gasteiger partial charge in [-0.1, -0.05) is 0 Å². The van der Waals surface area contributed by atoms with Crippen molar-refractivity contribution < 1.29 is 4.79 Å². The third-order valence-electron chi connectivity index (χ3n) is 2.97.